The predicted molar refractivity (Wildman–Crippen MR) is 117 cm³/mol. The molecule has 2 aromatic carbocycles. The summed E-state index contributed by atoms with van der Waals surface area (Å²) >= 11 is 0. The minimum absolute atomic E-state index is 0.168. The zero-order valence-corrected chi connectivity index (χ0v) is 17.7. The number of nitrogens with one attached hydrogen (secondary N) is 3. The molecule has 0 aliphatic heterocycles. The van der Waals surface area contributed by atoms with E-state index in [1.54, 1.807) is 30.3 Å². The Morgan fingerprint density at radius 3 is 2.38 bits per heavy atom. The molecule has 8 heteroatoms. The van der Waals surface area contributed by atoms with E-state index in [4.69, 9.17) is 4.42 Å². The van der Waals surface area contributed by atoms with Crippen LogP contribution in [0.3, 0.4) is 0 Å². The first-order chi connectivity index (χ1) is 15.3. The van der Waals surface area contributed by atoms with Crippen LogP contribution in [0.2, 0.25) is 0 Å². The molecule has 0 fully saturated rings. The van der Waals surface area contributed by atoms with E-state index in [1.807, 2.05) is 19.9 Å². The maximum absolute atomic E-state index is 13.1. The summed E-state index contributed by atoms with van der Waals surface area (Å²) in [6.45, 7) is 3.85. The van der Waals surface area contributed by atoms with Gasteiger partial charge in [-0.1, -0.05) is 26.0 Å². The number of amides is 3. The standard InChI is InChI=1S/C24H24FN3O4/c1-15(2)21(28-22(29)17-8-10-18(25)11-9-17)24(31)26-14-16-5-3-6-19(13-16)27-23(30)20-7-4-12-32-20/h3-13,15,21H,14H2,1-2H3,(H,26,31)(H,27,30)(H,28,29). The van der Waals surface area contributed by atoms with E-state index in [-0.39, 0.29) is 35.6 Å². The maximum Gasteiger partial charge on any atom is 0.291 e. The molecule has 0 saturated heterocycles. The van der Waals surface area contributed by atoms with E-state index in [9.17, 15) is 18.8 Å². The molecule has 166 valence electrons. The van der Waals surface area contributed by atoms with Crippen molar-refractivity contribution in [1.82, 2.24) is 10.6 Å². The van der Waals surface area contributed by atoms with E-state index in [0.717, 1.165) is 5.56 Å². The third kappa shape index (κ3) is 6.04. The molecular weight excluding hydrogens is 413 g/mol. The quantitative estimate of drug-likeness (QED) is 0.500. The van der Waals surface area contributed by atoms with Crippen molar-refractivity contribution in [2.75, 3.05) is 5.32 Å². The molecule has 0 bridgehead atoms. The lowest BCUT2D eigenvalue weighted by Crippen LogP contribution is -2.49. The summed E-state index contributed by atoms with van der Waals surface area (Å²) in [6, 6.07) is 14.6. The highest BCUT2D eigenvalue weighted by Crippen LogP contribution is 2.13. The molecule has 1 unspecified atom stereocenters. The van der Waals surface area contributed by atoms with E-state index >= 15 is 0 Å². The number of furan rings is 1. The number of hydrogen-bond donors (Lipinski definition) is 3. The second-order valence-electron chi connectivity index (χ2n) is 7.55. The largest absolute Gasteiger partial charge is 0.459 e. The molecule has 1 aromatic heterocycles. The Labute approximate surface area is 185 Å². The van der Waals surface area contributed by atoms with Crippen LogP contribution in [-0.2, 0) is 11.3 Å². The van der Waals surface area contributed by atoms with Crippen molar-refractivity contribution in [2.45, 2.75) is 26.4 Å². The molecule has 3 N–H and O–H groups in total. The summed E-state index contributed by atoms with van der Waals surface area (Å²) in [7, 11) is 0. The van der Waals surface area contributed by atoms with Crippen LogP contribution < -0.4 is 16.0 Å². The minimum atomic E-state index is -0.769. The summed E-state index contributed by atoms with van der Waals surface area (Å²) in [6.07, 6.45) is 1.42. The third-order valence-electron chi connectivity index (χ3n) is 4.74. The number of hydrogen-bond acceptors (Lipinski definition) is 4. The lowest BCUT2D eigenvalue weighted by Gasteiger charge is -2.22. The molecule has 0 saturated carbocycles. The van der Waals surface area contributed by atoms with Gasteiger partial charge in [0.25, 0.3) is 11.8 Å². The van der Waals surface area contributed by atoms with Crippen LogP contribution >= 0.6 is 0 Å². The van der Waals surface area contributed by atoms with Crippen LogP contribution in [0.5, 0.6) is 0 Å². The molecule has 32 heavy (non-hydrogen) atoms. The van der Waals surface area contributed by atoms with E-state index in [1.165, 1.54) is 30.5 Å². The molecule has 0 spiro atoms. The molecule has 0 aliphatic carbocycles. The maximum atomic E-state index is 13.1. The molecule has 1 heterocycles. The van der Waals surface area contributed by atoms with Crippen LogP contribution in [-0.4, -0.2) is 23.8 Å². The highest BCUT2D eigenvalue weighted by Gasteiger charge is 2.24. The Bertz CT molecular complexity index is 1080. The first-order valence-corrected chi connectivity index (χ1v) is 10.1. The first kappa shape index (κ1) is 22.7. The van der Waals surface area contributed by atoms with E-state index < -0.39 is 17.8 Å². The molecule has 7 nitrogen and oxygen atoms in total. The first-order valence-electron chi connectivity index (χ1n) is 10.1. The molecule has 3 rings (SSSR count). The number of halogens is 1. The van der Waals surface area contributed by atoms with Crippen molar-refractivity contribution in [3.8, 4) is 0 Å². The Kier molecular flexibility index (Phi) is 7.38. The van der Waals surface area contributed by atoms with Crippen LogP contribution in [0, 0.1) is 11.7 Å². The van der Waals surface area contributed by atoms with Crippen LogP contribution in [0.25, 0.3) is 0 Å². The Morgan fingerprint density at radius 1 is 0.969 bits per heavy atom. The Hall–Kier alpha value is -3.94. The van der Waals surface area contributed by atoms with Gasteiger partial charge in [0, 0.05) is 17.8 Å². The number of benzene rings is 2. The van der Waals surface area contributed by atoms with Crippen molar-refractivity contribution in [1.29, 1.82) is 0 Å². The van der Waals surface area contributed by atoms with Crippen LogP contribution in [0.4, 0.5) is 10.1 Å². The molecule has 1 atom stereocenters. The highest BCUT2D eigenvalue weighted by atomic mass is 19.1. The highest BCUT2D eigenvalue weighted by molar-refractivity contribution is 6.02. The Morgan fingerprint density at radius 2 is 1.72 bits per heavy atom. The fourth-order valence-corrected chi connectivity index (χ4v) is 3.02. The lowest BCUT2D eigenvalue weighted by molar-refractivity contribution is -0.124. The fraction of sp³-hybridized carbons (Fsp3) is 0.208. The molecule has 0 radical (unpaired) electrons. The molecule has 3 aromatic rings. The van der Waals surface area contributed by atoms with Gasteiger partial charge in [-0.25, -0.2) is 4.39 Å². The van der Waals surface area contributed by atoms with Gasteiger partial charge in [-0.15, -0.1) is 0 Å². The van der Waals surface area contributed by atoms with Crippen molar-refractivity contribution >= 4 is 23.4 Å². The van der Waals surface area contributed by atoms with Crippen molar-refractivity contribution in [2.24, 2.45) is 5.92 Å². The number of anilines is 1. The third-order valence-corrected chi connectivity index (χ3v) is 4.74. The fourth-order valence-electron chi connectivity index (χ4n) is 3.02. The smallest absolute Gasteiger partial charge is 0.291 e. The summed E-state index contributed by atoms with van der Waals surface area (Å²) in [5, 5.41) is 8.24. The molecular formula is C24H24FN3O4. The summed E-state index contributed by atoms with van der Waals surface area (Å²) < 4.78 is 18.1. The van der Waals surface area contributed by atoms with Gasteiger partial charge >= 0.3 is 0 Å². The van der Waals surface area contributed by atoms with Gasteiger partial charge < -0.3 is 20.4 Å². The predicted octanol–water partition coefficient (Wildman–Crippen LogP) is 3.74. The minimum Gasteiger partial charge on any atom is -0.459 e. The zero-order valence-electron chi connectivity index (χ0n) is 17.7. The summed E-state index contributed by atoms with van der Waals surface area (Å²) in [5.74, 6) is -1.59. The topological polar surface area (TPSA) is 100 Å². The number of carbonyl (C=O) groups excluding carboxylic acids is 3. The van der Waals surface area contributed by atoms with Gasteiger partial charge in [-0.2, -0.15) is 0 Å². The van der Waals surface area contributed by atoms with E-state index in [0.29, 0.717) is 5.69 Å². The number of rotatable bonds is 8. The molecule has 3 amide bonds. The Balaban J connectivity index is 1.59. The van der Waals surface area contributed by atoms with Gasteiger partial charge in [0.05, 0.1) is 6.26 Å². The van der Waals surface area contributed by atoms with Gasteiger partial charge in [0.1, 0.15) is 11.9 Å². The van der Waals surface area contributed by atoms with Gasteiger partial charge in [-0.3, -0.25) is 14.4 Å². The normalized spacial score (nSPS) is 11.6. The summed E-state index contributed by atoms with van der Waals surface area (Å²) in [5.41, 5.74) is 1.59. The number of carbonyl (C=O) groups is 3. The van der Waals surface area contributed by atoms with Crippen molar-refractivity contribution in [3.05, 3.63) is 89.6 Å². The van der Waals surface area contributed by atoms with E-state index in [2.05, 4.69) is 16.0 Å². The second kappa shape index (κ2) is 10.4. The van der Waals surface area contributed by atoms with Gasteiger partial charge in [0.2, 0.25) is 5.91 Å². The van der Waals surface area contributed by atoms with Crippen molar-refractivity contribution < 1.29 is 23.2 Å². The van der Waals surface area contributed by atoms with Crippen molar-refractivity contribution in [3.63, 3.8) is 0 Å². The van der Waals surface area contributed by atoms with Gasteiger partial charge in [-0.05, 0) is 60.0 Å². The average Bonchev–Trinajstić information content (AvgIpc) is 3.31. The lowest BCUT2D eigenvalue weighted by atomic mass is 10.0. The second-order valence-corrected chi connectivity index (χ2v) is 7.55. The SMILES string of the molecule is CC(C)C(NC(=O)c1ccc(F)cc1)C(=O)NCc1cccc(NC(=O)c2ccco2)c1. The average molecular weight is 437 g/mol. The van der Waals surface area contributed by atoms with Gasteiger partial charge in [0.15, 0.2) is 5.76 Å². The summed E-state index contributed by atoms with van der Waals surface area (Å²) in [4.78, 5) is 37.3. The zero-order chi connectivity index (χ0) is 23.1. The van der Waals surface area contributed by atoms with Crippen LogP contribution in [0.1, 0.15) is 40.3 Å². The van der Waals surface area contributed by atoms with Crippen LogP contribution in [0.15, 0.2) is 71.3 Å². The monoisotopic (exact) mass is 437 g/mol. The molecule has 0 aliphatic rings.